The van der Waals surface area contributed by atoms with Crippen molar-refractivity contribution >= 4 is 41.8 Å². The molecule has 0 spiro atoms. The number of halogens is 11. The van der Waals surface area contributed by atoms with Gasteiger partial charge in [-0.3, -0.25) is 0 Å². The maximum Gasteiger partial charge on any atom is 0.411 e. The quantitative estimate of drug-likeness (QED) is 0.0318. The normalized spacial score (nSPS) is 14.8. The third kappa shape index (κ3) is 22.6. The molecule has 5 amide bonds. The number of likely N-dealkylation sites (tertiary alicyclic amines) is 1. The minimum atomic E-state index is -1.60. The second-order valence-electron chi connectivity index (χ2n) is 32.0. The van der Waals surface area contributed by atoms with Crippen LogP contribution in [0.4, 0.5) is 72.3 Å². The number of hydrogen-bond donors (Lipinski definition) is 4. The second kappa shape index (κ2) is 44.1. The lowest BCUT2D eigenvalue weighted by atomic mass is 9.69. The maximum atomic E-state index is 13.7. The van der Waals surface area contributed by atoms with Crippen LogP contribution in [-0.4, -0.2) is 60.5 Å². The first-order valence-electron chi connectivity index (χ1n) is 42.7. The van der Waals surface area contributed by atoms with Crippen LogP contribution < -0.4 is 22.5 Å². The molecule has 0 radical (unpaired) electrons. The molecule has 4 fully saturated rings. The summed E-state index contributed by atoms with van der Waals surface area (Å²) in [5.41, 5.74) is 15.7. The molecule has 1 unspecified atom stereocenters. The van der Waals surface area contributed by atoms with Crippen molar-refractivity contribution in [2.45, 2.75) is 137 Å². The summed E-state index contributed by atoms with van der Waals surface area (Å²) in [5, 5.41) is 5.03. The first kappa shape index (κ1) is 95.7. The topological polar surface area (TPSA) is 238 Å². The fourth-order valence-corrected chi connectivity index (χ4v) is 18.9. The van der Waals surface area contributed by atoms with E-state index in [2.05, 4.69) is 10.3 Å². The van der Waals surface area contributed by atoms with Crippen molar-refractivity contribution < 1.29 is 96.0 Å². The Balaban J connectivity index is 0.000000148. The summed E-state index contributed by atoms with van der Waals surface area (Å²) in [6.07, 6.45) is 14.4. The number of alkyl carbamates (subject to hydrolysis) is 1. The van der Waals surface area contributed by atoms with E-state index in [1.165, 1.54) is 231 Å². The summed E-state index contributed by atoms with van der Waals surface area (Å²) < 4.78 is 178. The first-order valence-corrected chi connectivity index (χ1v) is 43.6. The number of amides is 5. The third-order valence-electron chi connectivity index (χ3n) is 24.0. The Hall–Kier alpha value is -13.4. The lowest BCUT2D eigenvalue weighted by Crippen LogP contribution is -2.43. The zero-order valence-electron chi connectivity index (χ0n) is 71.0. The van der Waals surface area contributed by atoms with Crippen molar-refractivity contribution in [1.29, 1.82) is 0 Å². The van der Waals surface area contributed by atoms with Crippen LogP contribution in [0.25, 0.3) is 0 Å². The Labute approximate surface area is 749 Å². The molecule has 678 valence electrons. The van der Waals surface area contributed by atoms with Gasteiger partial charge in [-0.15, -0.1) is 11.3 Å². The van der Waals surface area contributed by atoms with Crippen molar-refractivity contribution in [3.05, 3.63) is 409 Å². The predicted octanol–water partition coefficient (Wildman–Crippen LogP) is 24.3. The van der Waals surface area contributed by atoms with Crippen LogP contribution in [0.1, 0.15) is 175 Å². The molecule has 0 bridgehead atoms. The number of hydrogen-bond acceptors (Lipinski definition) is 12. The van der Waals surface area contributed by atoms with Crippen LogP contribution in [0, 0.1) is 81.7 Å². The highest BCUT2D eigenvalue weighted by molar-refractivity contribution is 7.09. The molecule has 7 N–H and O–H groups in total. The Kier molecular flexibility index (Phi) is 32.5. The summed E-state index contributed by atoms with van der Waals surface area (Å²) in [4.78, 5) is 66.6. The third-order valence-corrected chi connectivity index (χ3v) is 24.9. The van der Waals surface area contributed by atoms with E-state index in [1.54, 1.807) is 71.8 Å². The SMILES string of the molecule is CNC(=O)OC(c1ccc(F)cc1)(c1ccc(F)cc1)C1CCCC1.NC(=O)OC(c1ccc(F)cc1)(c1ccc(F)cc1)C1CCCCC1.NC(=O)OC(c1ccc(F)cc1)(c1ccc(F)cc1)c1ccc(F)cc1.NC(=O)OC(c1ccc(F)cc1)(c1nccs1)C1CCCCC1.O=C(OC(c1ccc(F)cc1)(c1ccc(F)cc1)c1ccc(F)cc1)N1CCCCC1. The molecule has 1 atom stereocenters. The highest BCUT2D eigenvalue weighted by Crippen LogP contribution is 2.52. The molecule has 3 aliphatic carbocycles. The maximum absolute atomic E-state index is 13.7. The molecule has 1 aliphatic heterocycles. The fourth-order valence-electron chi connectivity index (χ4n) is 18.0. The minimum Gasteiger partial charge on any atom is -0.433 e. The molecular formula is C102H97F11N6O10S. The van der Waals surface area contributed by atoms with Crippen LogP contribution in [0.2, 0.25) is 0 Å². The van der Waals surface area contributed by atoms with Gasteiger partial charge in [0.15, 0.2) is 28.0 Å². The van der Waals surface area contributed by atoms with Gasteiger partial charge in [-0.2, -0.15) is 0 Å². The fraction of sp³-hybridized carbons (Fsp3) is 0.275. The number of benzene rings is 11. The van der Waals surface area contributed by atoms with Gasteiger partial charge in [-0.1, -0.05) is 185 Å². The number of piperidine rings is 1. The van der Waals surface area contributed by atoms with Crippen LogP contribution in [0.5, 0.6) is 0 Å². The molecule has 1 saturated heterocycles. The number of nitrogens with one attached hydrogen (secondary N) is 1. The van der Waals surface area contributed by atoms with E-state index in [9.17, 15) is 72.3 Å². The van der Waals surface area contributed by atoms with E-state index in [0.717, 1.165) is 108 Å². The molecule has 16 rings (SSSR count). The number of ether oxygens (including phenoxy) is 5. The number of aromatic nitrogens is 1. The molecule has 1 aromatic heterocycles. The zero-order valence-corrected chi connectivity index (χ0v) is 71.8. The van der Waals surface area contributed by atoms with Gasteiger partial charge in [0.25, 0.3) is 0 Å². The van der Waals surface area contributed by atoms with Gasteiger partial charge in [-0.05, 0) is 191 Å². The molecule has 16 nitrogen and oxygen atoms in total. The Bertz CT molecular complexity index is 5260. The highest BCUT2D eigenvalue weighted by Gasteiger charge is 2.51. The number of primary amides is 3. The second-order valence-corrected chi connectivity index (χ2v) is 32.8. The zero-order chi connectivity index (χ0) is 92.6. The molecule has 130 heavy (non-hydrogen) atoms. The van der Waals surface area contributed by atoms with Crippen LogP contribution >= 0.6 is 11.3 Å². The monoisotopic (exact) mass is 1810 g/mol. The molecule has 4 aliphatic rings. The molecule has 28 heteroatoms. The largest absolute Gasteiger partial charge is 0.433 e. The summed E-state index contributed by atoms with van der Waals surface area (Å²) in [6.45, 7) is 1.15. The van der Waals surface area contributed by atoms with Gasteiger partial charge < -0.3 is 51.1 Å². The van der Waals surface area contributed by atoms with E-state index < -0.39 is 93.4 Å². The number of carbonyl (C=O) groups is 5. The van der Waals surface area contributed by atoms with Crippen molar-refractivity contribution in [3.63, 3.8) is 0 Å². The van der Waals surface area contributed by atoms with Crippen LogP contribution in [0.3, 0.4) is 0 Å². The molecule has 12 aromatic rings. The predicted molar refractivity (Wildman–Crippen MR) is 469 cm³/mol. The summed E-state index contributed by atoms with van der Waals surface area (Å²) in [7, 11) is 1.50. The number of carbonyl (C=O) groups excluding carboxylic acids is 5. The Morgan fingerprint density at radius 2 is 0.515 bits per heavy atom. The number of rotatable bonds is 20. The smallest absolute Gasteiger partial charge is 0.411 e. The Morgan fingerprint density at radius 3 is 0.762 bits per heavy atom. The van der Waals surface area contributed by atoms with Crippen LogP contribution in [-0.2, 0) is 51.7 Å². The van der Waals surface area contributed by atoms with Gasteiger partial charge in [0.2, 0.25) is 0 Å². The lowest BCUT2D eigenvalue weighted by Gasteiger charge is -2.42. The number of nitrogens with zero attached hydrogens (tertiary/aromatic N) is 2. The molecular weight excluding hydrogens is 1710 g/mol. The van der Waals surface area contributed by atoms with Crippen molar-refractivity contribution in [1.82, 2.24) is 15.2 Å². The van der Waals surface area contributed by atoms with Crippen molar-refractivity contribution in [2.75, 3.05) is 20.1 Å². The van der Waals surface area contributed by atoms with Gasteiger partial charge in [0.05, 0.1) is 0 Å². The highest BCUT2D eigenvalue weighted by atomic mass is 32.1. The lowest BCUT2D eigenvalue weighted by molar-refractivity contribution is -0.0162. The van der Waals surface area contributed by atoms with Crippen LogP contribution in [0.15, 0.2) is 278 Å². The number of nitrogens with two attached hydrogens (primary N) is 3. The summed E-state index contributed by atoms with van der Waals surface area (Å²) >= 11 is 1.43. The average Bonchev–Trinajstić information content (AvgIpc) is 1.82. The van der Waals surface area contributed by atoms with Gasteiger partial charge >= 0.3 is 30.5 Å². The van der Waals surface area contributed by atoms with Crippen molar-refractivity contribution in [2.24, 2.45) is 35.0 Å². The summed E-state index contributed by atoms with van der Waals surface area (Å²) in [6, 6.07) is 62.3. The molecule has 3 saturated carbocycles. The summed E-state index contributed by atoms with van der Waals surface area (Å²) in [5.74, 6) is -4.48. The van der Waals surface area contributed by atoms with E-state index in [1.807, 2.05) is 5.38 Å². The Morgan fingerprint density at radius 1 is 0.300 bits per heavy atom. The first-order chi connectivity index (χ1) is 62.6. The standard InChI is InChI=1S/C25H22F3NO2.C20H14F3NO2.2C20H21F2NO2.C17H19FN2O2S/c26-21-10-4-18(5-11-21)25(19-6-12-22(27)13-7-19,20-8-14-23(28)15-9-20)31-24(30)29-16-2-1-3-17-29;21-16-7-1-13(2-8-16)20(26-19(24)25,14-3-9-17(22)10-4-14)15-5-11-18(23)12-6-15;1-23-19(24)25-20(14-4-2-3-5-14,15-6-10-17(21)11-7-15)16-8-12-18(22)13-9-16;21-17-10-6-15(7-11-17)20(25-19(23)24,14-4-2-1-3-5-14)16-8-12-18(22)13-9-16;18-14-8-6-13(7-9-14)17(22-16(19)21,15-20-10-11-23-15)12-4-2-1-3-5-12/h4-15H,1-3,16-17H2;1-12H,(H2,24,25);6-14H,2-5H2,1H3,(H,23,24);6-14H,1-5H2,(H2,23,24);6-12H,1-5H2,(H2,19,21). The van der Waals surface area contributed by atoms with Gasteiger partial charge in [0.1, 0.15) is 69.0 Å². The van der Waals surface area contributed by atoms with E-state index in [4.69, 9.17) is 40.9 Å². The average molecular weight is 1810 g/mol. The van der Waals surface area contributed by atoms with E-state index in [0.29, 0.717) is 73.7 Å². The van der Waals surface area contributed by atoms with Gasteiger partial charge in [-0.25, -0.2) is 77.3 Å². The van der Waals surface area contributed by atoms with Gasteiger partial charge in [0, 0.05) is 111 Å². The van der Waals surface area contributed by atoms with E-state index in [-0.39, 0.29) is 46.8 Å². The minimum absolute atomic E-state index is 0.00956. The molecule has 11 aromatic carbocycles. The van der Waals surface area contributed by atoms with Crippen molar-refractivity contribution in [3.8, 4) is 0 Å². The molecule has 2 heterocycles. The van der Waals surface area contributed by atoms with E-state index >= 15 is 0 Å². The number of thiazole rings is 1.